The molecule has 0 aliphatic rings. The summed E-state index contributed by atoms with van der Waals surface area (Å²) in [4.78, 5) is 11.5. The van der Waals surface area contributed by atoms with Crippen LogP contribution in [0.5, 0.6) is 0 Å². The molecule has 0 N–H and O–H groups in total. The summed E-state index contributed by atoms with van der Waals surface area (Å²) < 4.78 is 31.0. The monoisotopic (exact) mass is 401 g/mol. The van der Waals surface area contributed by atoms with Crippen LogP contribution in [0.4, 0.5) is 5.69 Å². The number of anilines is 1. The van der Waals surface area contributed by atoms with E-state index < -0.39 is 16.0 Å². The molecule has 0 unspecified atom stereocenters. The Hall–Kier alpha value is -1.76. The third kappa shape index (κ3) is 4.45. The normalized spacial score (nSPS) is 11.2. The zero-order chi connectivity index (χ0) is 18.6. The highest BCUT2D eigenvalue weighted by molar-refractivity contribution is 7.92. The Morgan fingerprint density at radius 2 is 1.76 bits per heavy atom. The van der Waals surface area contributed by atoms with Crippen LogP contribution in [0.2, 0.25) is 10.0 Å². The summed E-state index contributed by atoms with van der Waals surface area (Å²) >= 11 is 12.2. The highest BCUT2D eigenvalue weighted by Gasteiger charge is 2.22. The smallest absolute Gasteiger partial charge is 0.337 e. The Morgan fingerprint density at radius 1 is 1.12 bits per heavy atom. The molecule has 0 spiro atoms. The molecular weight excluding hydrogens is 385 g/mol. The average Bonchev–Trinajstić information content (AvgIpc) is 2.62. The van der Waals surface area contributed by atoms with E-state index in [4.69, 9.17) is 23.2 Å². The molecule has 2 aromatic rings. The summed E-state index contributed by atoms with van der Waals surface area (Å²) in [6.07, 6.45) is 0. The van der Waals surface area contributed by atoms with Crippen molar-refractivity contribution in [3.8, 4) is 0 Å². The molecule has 0 saturated heterocycles. The molecule has 134 valence electrons. The third-order valence-corrected chi connectivity index (χ3v) is 6.22. The fraction of sp³-hybridized carbons (Fsp3) is 0.235. The first-order valence-electron chi connectivity index (χ1n) is 7.41. The lowest BCUT2D eigenvalue weighted by atomic mass is 10.2. The minimum absolute atomic E-state index is 0.0349. The Kier molecular flexibility index (Phi) is 6.32. The second kappa shape index (κ2) is 8.08. The summed E-state index contributed by atoms with van der Waals surface area (Å²) in [6.45, 7) is 1.60. The lowest BCUT2D eigenvalue weighted by Gasteiger charge is -2.24. The van der Waals surface area contributed by atoms with Crippen molar-refractivity contribution in [1.82, 2.24) is 0 Å². The van der Waals surface area contributed by atoms with Gasteiger partial charge in [0.25, 0.3) is 0 Å². The zero-order valence-corrected chi connectivity index (χ0v) is 16.0. The van der Waals surface area contributed by atoms with Gasteiger partial charge in [-0.1, -0.05) is 35.3 Å². The Balaban J connectivity index is 2.44. The van der Waals surface area contributed by atoms with Gasteiger partial charge in [-0.25, -0.2) is 13.2 Å². The highest BCUT2D eigenvalue weighted by Crippen LogP contribution is 2.29. The standard InChI is InChI=1S/C17H17Cl2NO4S/c1-3-25(22,23)20(11-13-5-4-6-15(18)16(13)19)14-9-7-12(8-10-14)17(21)24-2/h4-10H,3,11H2,1-2H3. The molecule has 0 amide bonds. The van der Waals surface area contributed by atoms with Crippen molar-refractivity contribution in [2.75, 3.05) is 17.2 Å². The molecule has 5 nitrogen and oxygen atoms in total. The fourth-order valence-corrected chi connectivity index (χ4v) is 3.68. The lowest BCUT2D eigenvalue weighted by molar-refractivity contribution is 0.0601. The SMILES string of the molecule is CCS(=O)(=O)N(Cc1cccc(Cl)c1Cl)c1ccc(C(=O)OC)cc1. The number of halogens is 2. The van der Waals surface area contributed by atoms with Crippen molar-refractivity contribution in [3.05, 3.63) is 63.6 Å². The molecule has 0 fully saturated rings. The number of hydrogen-bond acceptors (Lipinski definition) is 4. The van der Waals surface area contributed by atoms with E-state index in [2.05, 4.69) is 4.74 Å². The summed E-state index contributed by atoms with van der Waals surface area (Å²) in [5, 5.41) is 0.667. The molecule has 0 bridgehead atoms. The minimum atomic E-state index is -3.56. The number of carbonyl (C=O) groups is 1. The van der Waals surface area contributed by atoms with E-state index in [0.29, 0.717) is 26.9 Å². The van der Waals surface area contributed by atoms with Crippen LogP contribution in [0.3, 0.4) is 0 Å². The number of hydrogen-bond donors (Lipinski definition) is 0. The van der Waals surface area contributed by atoms with E-state index >= 15 is 0 Å². The van der Waals surface area contributed by atoms with Crippen LogP contribution in [-0.2, 0) is 21.3 Å². The van der Waals surface area contributed by atoms with Crippen molar-refractivity contribution in [1.29, 1.82) is 0 Å². The lowest BCUT2D eigenvalue weighted by Crippen LogP contribution is -2.32. The van der Waals surface area contributed by atoms with E-state index in [1.54, 1.807) is 37.3 Å². The van der Waals surface area contributed by atoms with Gasteiger partial charge in [0, 0.05) is 0 Å². The predicted molar refractivity (Wildman–Crippen MR) is 99.9 cm³/mol. The van der Waals surface area contributed by atoms with Crippen LogP contribution in [0.25, 0.3) is 0 Å². The number of sulfonamides is 1. The predicted octanol–water partition coefficient (Wildman–Crippen LogP) is 4.14. The van der Waals surface area contributed by atoms with Crippen LogP contribution < -0.4 is 4.31 Å². The van der Waals surface area contributed by atoms with Crippen LogP contribution >= 0.6 is 23.2 Å². The Labute approximate surface area is 157 Å². The molecule has 0 aliphatic heterocycles. The van der Waals surface area contributed by atoms with Gasteiger partial charge in [-0.15, -0.1) is 0 Å². The van der Waals surface area contributed by atoms with Gasteiger partial charge in [-0.05, 0) is 42.8 Å². The first-order chi connectivity index (χ1) is 11.8. The molecule has 0 saturated carbocycles. The van der Waals surface area contributed by atoms with Crippen LogP contribution in [-0.4, -0.2) is 27.2 Å². The fourth-order valence-electron chi connectivity index (χ4n) is 2.21. The molecule has 0 atom stereocenters. The highest BCUT2D eigenvalue weighted by atomic mass is 35.5. The van der Waals surface area contributed by atoms with Crippen molar-refractivity contribution in [3.63, 3.8) is 0 Å². The second-order valence-corrected chi connectivity index (χ2v) is 8.13. The number of rotatable bonds is 6. The molecule has 0 aliphatic carbocycles. The quantitative estimate of drug-likeness (QED) is 0.682. The third-order valence-electron chi connectivity index (χ3n) is 3.62. The first-order valence-corrected chi connectivity index (χ1v) is 9.78. The van der Waals surface area contributed by atoms with Crippen molar-refractivity contribution >= 4 is 44.9 Å². The Morgan fingerprint density at radius 3 is 2.32 bits per heavy atom. The maximum absolute atomic E-state index is 12.5. The Bertz CT molecular complexity index is 867. The maximum Gasteiger partial charge on any atom is 0.337 e. The molecule has 0 radical (unpaired) electrons. The van der Waals surface area contributed by atoms with Gasteiger partial charge >= 0.3 is 5.97 Å². The van der Waals surface area contributed by atoms with Gasteiger partial charge < -0.3 is 4.74 Å². The molecular formula is C17H17Cl2NO4S. The van der Waals surface area contributed by atoms with Crippen molar-refractivity contribution in [2.45, 2.75) is 13.5 Å². The topological polar surface area (TPSA) is 63.7 Å². The van der Waals surface area contributed by atoms with Crippen LogP contribution in [0.1, 0.15) is 22.8 Å². The molecule has 0 aromatic heterocycles. The summed E-state index contributed by atoms with van der Waals surface area (Å²) in [6, 6.07) is 11.2. The maximum atomic E-state index is 12.5. The summed E-state index contributed by atoms with van der Waals surface area (Å²) in [5.74, 6) is -0.571. The van der Waals surface area contributed by atoms with E-state index in [0.717, 1.165) is 0 Å². The van der Waals surface area contributed by atoms with Gasteiger partial charge in [0.2, 0.25) is 10.0 Å². The van der Waals surface area contributed by atoms with Gasteiger partial charge in [0.15, 0.2) is 0 Å². The molecule has 25 heavy (non-hydrogen) atoms. The molecule has 8 heteroatoms. The number of carbonyl (C=O) groups excluding carboxylic acids is 1. The first kappa shape index (κ1) is 19.6. The van der Waals surface area contributed by atoms with Crippen molar-refractivity contribution in [2.24, 2.45) is 0 Å². The van der Waals surface area contributed by atoms with Crippen LogP contribution in [0, 0.1) is 0 Å². The zero-order valence-electron chi connectivity index (χ0n) is 13.7. The number of esters is 1. The number of nitrogens with zero attached hydrogens (tertiary/aromatic N) is 1. The number of methoxy groups -OCH3 is 1. The van der Waals surface area contributed by atoms with Gasteiger partial charge in [0.1, 0.15) is 0 Å². The van der Waals surface area contributed by atoms with E-state index in [1.807, 2.05) is 0 Å². The minimum Gasteiger partial charge on any atom is -0.465 e. The largest absolute Gasteiger partial charge is 0.465 e. The second-order valence-electron chi connectivity index (χ2n) is 5.16. The van der Waals surface area contributed by atoms with E-state index in [9.17, 15) is 13.2 Å². The summed E-state index contributed by atoms with van der Waals surface area (Å²) in [5.41, 5.74) is 1.34. The van der Waals surface area contributed by atoms with Crippen molar-refractivity contribution < 1.29 is 17.9 Å². The molecule has 2 aromatic carbocycles. The van der Waals surface area contributed by atoms with Gasteiger partial charge in [-0.2, -0.15) is 0 Å². The van der Waals surface area contributed by atoms with E-state index in [-0.39, 0.29) is 12.3 Å². The molecule has 2 rings (SSSR count). The summed E-state index contributed by atoms with van der Waals surface area (Å²) in [7, 11) is -2.28. The number of ether oxygens (including phenoxy) is 1. The molecule has 0 heterocycles. The van der Waals surface area contributed by atoms with E-state index in [1.165, 1.54) is 23.5 Å². The number of benzene rings is 2. The average molecular weight is 402 g/mol. The van der Waals surface area contributed by atoms with Gasteiger partial charge in [0.05, 0.1) is 40.7 Å². The van der Waals surface area contributed by atoms with Crippen LogP contribution in [0.15, 0.2) is 42.5 Å². The van der Waals surface area contributed by atoms with Gasteiger partial charge in [-0.3, -0.25) is 4.31 Å².